The van der Waals surface area contributed by atoms with Crippen LogP contribution in [-0.2, 0) is 16.1 Å². The molecule has 1 atom stereocenters. The van der Waals surface area contributed by atoms with Gasteiger partial charge in [0.05, 0.1) is 16.8 Å². The van der Waals surface area contributed by atoms with Crippen molar-refractivity contribution in [1.82, 2.24) is 20.1 Å². The Hall–Kier alpha value is -2.13. The van der Waals surface area contributed by atoms with Crippen molar-refractivity contribution >= 4 is 41.0 Å². The predicted octanol–water partition coefficient (Wildman–Crippen LogP) is 2.36. The zero-order valence-corrected chi connectivity index (χ0v) is 15.0. The van der Waals surface area contributed by atoms with E-state index in [0.717, 1.165) is 18.2 Å². The summed E-state index contributed by atoms with van der Waals surface area (Å²) in [4.78, 5) is 29.5. The van der Waals surface area contributed by atoms with Gasteiger partial charge in [0, 0.05) is 19.2 Å². The van der Waals surface area contributed by atoms with Crippen LogP contribution >= 0.6 is 23.4 Å². The van der Waals surface area contributed by atoms with Gasteiger partial charge in [-0.3, -0.25) is 9.59 Å². The molecule has 1 aliphatic rings. The number of likely N-dealkylation sites (tertiary alicyclic amines) is 1. The molecular formula is C15H16ClN5O3S. The summed E-state index contributed by atoms with van der Waals surface area (Å²) in [5.41, 5.74) is 0. The Morgan fingerprint density at radius 3 is 3.00 bits per heavy atom. The van der Waals surface area contributed by atoms with Crippen LogP contribution in [0.25, 0.3) is 0 Å². The molecule has 0 radical (unpaired) electrons. The van der Waals surface area contributed by atoms with E-state index in [1.165, 1.54) is 6.20 Å². The number of pyridine rings is 1. The normalized spacial score (nSPS) is 15.4. The number of carbonyl (C=O) groups excluding carboxylic acids is 2. The van der Waals surface area contributed by atoms with E-state index in [4.69, 9.17) is 16.0 Å². The Bertz CT molecular complexity index is 767. The van der Waals surface area contributed by atoms with Gasteiger partial charge in [-0.25, -0.2) is 4.98 Å². The number of amides is 2. The average Bonchev–Trinajstić information content (AvgIpc) is 3.19. The summed E-state index contributed by atoms with van der Waals surface area (Å²) in [5, 5.41) is 10.9. The molecule has 132 valence electrons. The zero-order chi connectivity index (χ0) is 17.8. The molecule has 1 saturated heterocycles. The highest BCUT2D eigenvalue weighted by molar-refractivity contribution is 8.00. The topological polar surface area (TPSA) is 101 Å². The highest BCUT2D eigenvalue weighted by Crippen LogP contribution is 2.24. The maximum atomic E-state index is 12.2. The minimum absolute atomic E-state index is 0.0932. The number of nitrogens with one attached hydrogen (secondary N) is 1. The van der Waals surface area contributed by atoms with Crippen LogP contribution in [0.2, 0.25) is 5.02 Å². The van der Waals surface area contributed by atoms with Gasteiger partial charge in [0.25, 0.3) is 5.22 Å². The Labute approximate surface area is 153 Å². The van der Waals surface area contributed by atoms with Gasteiger partial charge in [-0.15, -0.1) is 10.2 Å². The average molecular weight is 382 g/mol. The SMILES string of the molecule is C[C@H](Sc1nnc(CN2CCCC2=O)o1)C(=O)Nc1ccc(Cl)cn1. The Morgan fingerprint density at radius 2 is 2.32 bits per heavy atom. The molecule has 2 amide bonds. The Kier molecular flexibility index (Phi) is 5.54. The number of halogens is 1. The minimum Gasteiger partial charge on any atom is -0.414 e. The van der Waals surface area contributed by atoms with Crippen LogP contribution in [-0.4, -0.2) is 43.7 Å². The number of aromatic nitrogens is 3. The fourth-order valence-electron chi connectivity index (χ4n) is 2.27. The molecule has 1 fully saturated rings. The summed E-state index contributed by atoms with van der Waals surface area (Å²) in [7, 11) is 0. The van der Waals surface area contributed by atoms with Crippen molar-refractivity contribution in [2.24, 2.45) is 0 Å². The first-order valence-corrected chi connectivity index (χ1v) is 8.96. The molecule has 0 bridgehead atoms. The molecule has 10 heteroatoms. The predicted molar refractivity (Wildman–Crippen MR) is 92.1 cm³/mol. The van der Waals surface area contributed by atoms with E-state index in [-0.39, 0.29) is 17.0 Å². The van der Waals surface area contributed by atoms with Crippen molar-refractivity contribution in [2.45, 2.75) is 36.8 Å². The first-order valence-electron chi connectivity index (χ1n) is 7.70. The number of hydrogen-bond donors (Lipinski definition) is 1. The van der Waals surface area contributed by atoms with E-state index >= 15 is 0 Å². The number of thioether (sulfide) groups is 1. The van der Waals surface area contributed by atoms with E-state index < -0.39 is 5.25 Å². The summed E-state index contributed by atoms with van der Waals surface area (Å²) < 4.78 is 5.51. The van der Waals surface area contributed by atoms with Gasteiger partial charge < -0.3 is 14.6 Å². The van der Waals surface area contributed by atoms with Crippen LogP contribution < -0.4 is 5.32 Å². The maximum absolute atomic E-state index is 12.2. The van der Waals surface area contributed by atoms with Crippen LogP contribution in [0.3, 0.4) is 0 Å². The number of anilines is 1. The van der Waals surface area contributed by atoms with Gasteiger partial charge in [0.2, 0.25) is 17.7 Å². The van der Waals surface area contributed by atoms with Gasteiger partial charge >= 0.3 is 0 Å². The van der Waals surface area contributed by atoms with Crippen molar-refractivity contribution in [3.8, 4) is 0 Å². The Morgan fingerprint density at radius 1 is 1.48 bits per heavy atom. The van der Waals surface area contributed by atoms with E-state index in [1.54, 1.807) is 24.0 Å². The fourth-order valence-corrected chi connectivity index (χ4v) is 3.08. The molecule has 3 heterocycles. The van der Waals surface area contributed by atoms with E-state index in [1.807, 2.05) is 0 Å². The van der Waals surface area contributed by atoms with Crippen LogP contribution in [0.15, 0.2) is 28.0 Å². The molecule has 0 saturated carbocycles. The van der Waals surface area contributed by atoms with Crippen LogP contribution in [0, 0.1) is 0 Å². The lowest BCUT2D eigenvalue weighted by Gasteiger charge is -2.11. The summed E-state index contributed by atoms with van der Waals surface area (Å²) >= 11 is 6.90. The second-order valence-corrected chi connectivity index (χ2v) is 7.22. The molecular weight excluding hydrogens is 366 g/mol. The van der Waals surface area contributed by atoms with Crippen molar-refractivity contribution in [1.29, 1.82) is 0 Å². The summed E-state index contributed by atoms with van der Waals surface area (Å²) in [6, 6.07) is 3.27. The largest absolute Gasteiger partial charge is 0.414 e. The second-order valence-electron chi connectivity index (χ2n) is 5.49. The van der Waals surface area contributed by atoms with Crippen LogP contribution in [0.4, 0.5) is 5.82 Å². The first kappa shape index (κ1) is 17.7. The molecule has 0 aromatic carbocycles. The molecule has 0 aliphatic carbocycles. The van der Waals surface area contributed by atoms with Crippen molar-refractivity contribution < 1.29 is 14.0 Å². The van der Waals surface area contributed by atoms with Gasteiger partial charge in [0.15, 0.2) is 0 Å². The number of rotatable bonds is 6. The van der Waals surface area contributed by atoms with Crippen LogP contribution in [0.1, 0.15) is 25.7 Å². The molecule has 3 rings (SSSR count). The Balaban J connectivity index is 1.53. The monoisotopic (exact) mass is 381 g/mol. The molecule has 8 nitrogen and oxygen atoms in total. The van der Waals surface area contributed by atoms with Gasteiger partial charge in [-0.1, -0.05) is 23.4 Å². The fraction of sp³-hybridized carbons (Fsp3) is 0.400. The van der Waals surface area contributed by atoms with Crippen LogP contribution in [0.5, 0.6) is 0 Å². The third kappa shape index (κ3) is 4.70. The maximum Gasteiger partial charge on any atom is 0.277 e. The molecule has 25 heavy (non-hydrogen) atoms. The van der Waals surface area contributed by atoms with E-state index in [0.29, 0.717) is 36.2 Å². The first-order chi connectivity index (χ1) is 12.0. The number of carbonyl (C=O) groups is 2. The zero-order valence-electron chi connectivity index (χ0n) is 13.4. The molecule has 1 aliphatic heterocycles. The molecule has 2 aromatic rings. The van der Waals surface area contributed by atoms with E-state index in [2.05, 4.69) is 20.5 Å². The summed E-state index contributed by atoms with van der Waals surface area (Å²) in [6.45, 7) is 2.74. The van der Waals surface area contributed by atoms with E-state index in [9.17, 15) is 9.59 Å². The van der Waals surface area contributed by atoms with Gasteiger partial charge in [-0.05, 0) is 25.5 Å². The number of nitrogens with zero attached hydrogens (tertiary/aromatic N) is 4. The summed E-state index contributed by atoms with van der Waals surface area (Å²) in [6.07, 6.45) is 2.87. The highest BCUT2D eigenvalue weighted by atomic mass is 35.5. The van der Waals surface area contributed by atoms with Crippen molar-refractivity contribution in [3.63, 3.8) is 0 Å². The standard InChI is InChI=1S/C15H16ClN5O3S/c1-9(14(23)18-11-5-4-10(16)7-17-11)25-15-20-19-12(24-15)8-21-6-2-3-13(21)22/h4-5,7,9H,2-3,6,8H2,1H3,(H,17,18,23)/t9-/m0/s1. The van der Waals surface area contributed by atoms with Gasteiger partial charge in [-0.2, -0.15) is 0 Å². The number of hydrogen-bond acceptors (Lipinski definition) is 7. The lowest BCUT2D eigenvalue weighted by Crippen LogP contribution is -2.24. The lowest BCUT2D eigenvalue weighted by atomic mass is 10.4. The minimum atomic E-state index is -0.459. The van der Waals surface area contributed by atoms with Crippen molar-refractivity contribution in [3.05, 3.63) is 29.2 Å². The quantitative estimate of drug-likeness (QED) is 0.766. The molecule has 1 N–H and O–H groups in total. The van der Waals surface area contributed by atoms with Gasteiger partial charge in [0.1, 0.15) is 5.82 Å². The smallest absolute Gasteiger partial charge is 0.277 e. The third-order valence-electron chi connectivity index (χ3n) is 3.57. The summed E-state index contributed by atoms with van der Waals surface area (Å²) in [5.74, 6) is 0.634. The lowest BCUT2D eigenvalue weighted by molar-refractivity contribution is -0.128. The van der Waals surface area contributed by atoms with Crippen molar-refractivity contribution in [2.75, 3.05) is 11.9 Å². The highest BCUT2D eigenvalue weighted by Gasteiger charge is 2.23. The second kappa shape index (κ2) is 7.83. The third-order valence-corrected chi connectivity index (χ3v) is 4.73. The molecule has 2 aromatic heterocycles. The molecule has 0 unspecified atom stereocenters. The molecule has 0 spiro atoms.